The molecule has 2 aromatic carbocycles. The molecule has 28 heavy (non-hydrogen) atoms. The van der Waals surface area contributed by atoms with Crippen LogP contribution in [0.25, 0.3) is 5.69 Å². The summed E-state index contributed by atoms with van der Waals surface area (Å²) >= 11 is 0. The highest BCUT2D eigenvalue weighted by Gasteiger charge is 2.16. The minimum Gasteiger partial charge on any atom is -0.383 e. The lowest BCUT2D eigenvalue weighted by Crippen LogP contribution is -2.20. The van der Waals surface area contributed by atoms with Crippen LogP contribution in [0.1, 0.15) is 19.4 Å². The number of rotatable bonds is 6. The first-order valence-corrected chi connectivity index (χ1v) is 8.66. The third-order valence-corrected chi connectivity index (χ3v) is 3.97. The molecular formula is C20H20F2N6. The molecule has 0 saturated heterocycles. The molecule has 0 saturated carbocycles. The van der Waals surface area contributed by atoms with Crippen molar-refractivity contribution in [3.8, 4) is 11.8 Å². The van der Waals surface area contributed by atoms with E-state index in [9.17, 15) is 8.78 Å². The van der Waals surface area contributed by atoms with Crippen LogP contribution in [0.3, 0.4) is 0 Å². The number of anilines is 3. The number of aromatic nitrogens is 3. The lowest BCUT2D eigenvalue weighted by molar-refractivity contribution is 0.529. The minimum absolute atomic E-state index is 0.239. The fourth-order valence-electron chi connectivity index (χ4n) is 2.57. The van der Waals surface area contributed by atoms with Gasteiger partial charge < -0.3 is 10.6 Å². The number of halogens is 2. The first kappa shape index (κ1) is 19.3. The Kier molecular flexibility index (Phi) is 5.27. The molecular weight excluding hydrogens is 362 g/mol. The lowest BCUT2D eigenvalue weighted by atomic mass is 9.96. The average molecular weight is 382 g/mol. The lowest BCUT2D eigenvalue weighted by Gasteiger charge is -2.17. The molecule has 0 atom stereocenters. The zero-order valence-corrected chi connectivity index (χ0v) is 15.8. The molecule has 0 fully saturated rings. The van der Waals surface area contributed by atoms with Crippen molar-refractivity contribution in [2.24, 2.45) is 5.41 Å². The maximum atomic E-state index is 13.4. The molecule has 0 aliphatic heterocycles. The Labute approximate surface area is 161 Å². The molecule has 8 heteroatoms. The second-order valence-corrected chi connectivity index (χ2v) is 7.20. The molecule has 0 aliphatic carbocycles. The van der Waals surface area contributed by atoms with Gasteiger partial charge in [-0.3, -0.25) is 0 Å². The molecule has 3 rings (SSSR count). The first-order valence-electron chi connectivity index (χ1n) is 8.66. The van der Waals surface area contributed by atoms with E-state index in [0.717, 1.165) is 23.0 Å². The van der Waals surface area contributed by atoms with Gasteiger partial charge in [0.2, 0.25) is 5.95 Å². The first-order chi connectivity index (χ1) is 13.2. The van der Waals surface area contributed by atoms with Gasteiger partial charge in [-0.15, -0.1) is 5.10 Å². The highest BCUT2D eigenvalue weighted by molar-refractivity contribution is 5.63. The van der Waals surface area contributed by atoms with E-state index in [0.29, 0.717) is 12.5 Å². The van der Waals surface area contributed by atoms with E-state index in [1.54, 1.807) is 0 Å². The highest BCUT2D eigenvalue weighted by atomic mass is 19.1. The van der Waals surface area contributed by atoms with Gasteiger partial charge in [-0.05, 0) is 56.7 Å². The number of nitrogens with zero attached hydrogens (tertiary/aromatic N) is 4. The molecule has 3 aromatic rings. The predicted molar refractivity (Wildman–Crippen MR) is 104 cm³/mol. The second kappa shape index (κ2) is 7.64. The van der Waals surface area contributed by atoms with Crippen LogP contribution in [0.4, 0.5) is 26.1 Å². The summed E-state index contributed by atoms with van der Waals surface area (Å²) in [5, 5.41) is 19.7. The normalized spacial score (nSPS) is 11.1. The Morgan fingerprint density at radius 1 is 1.07 bits per heavy atom. The Bertz CT molecular complexity index is 1020. The van der Waals surface area contributed by atoms with Gasteiger partial charge in [-0.25, -0.2) is 13.5 Å². The number of nitriles is 1. The van der Waals surface area contributed by atoms with Crippen molar-refractivity contribution >= 4 is 17.3 Å². The highest BCUT2D eigenvalue weighted by Crippen LogP contribution is 2.23. The molecule has 0 spiro atoms. The molecule has 0 radical (unpaired) electrons. The molecule has 0 aliphatic rings. The summed E-state index contributed by atoms with van der Waals surface area (Å²) in [6, 6.07) is 11.2. The maximum Gasteiger partial charge on any atom is 0.246 e. The van der Waals surface area contributed by atoms with Crippen LogP contribution in [-0.4, -0.2) is 21.3 Å². The Morgan fingerprint density at radius 3 is 2.43 bits per heavy atom. The van der Waals surface area contributed by atoms with E-state index in [-0.39, 0.29) is 5.69 Å². The van der Waals surface area contributed by atoms with Crippen molar-refractivity contribution in [1.82, 2.24) is 14.8 Å². The molecule has 0 unspecified atom stereocenters. The van der Waals surface area contributed by atoms with Crippen molar-refractivity contribution in [2.45, 2.75) is 20.8 Å². The maximum absolute atomic E-state index is 13.4. The summed E-state index contributed by atoms with van der Waals surface area (Å²) in [4.78, 5) is 4.14. The van der Waals surface area contributed by atoms with E-state index in [2.05, 4.69) is 26.8 Å². The summed E-state index contributed by atoms with van der Waals surface area (Å²) in [6.45, 7) is 6.18. The van der Waals surface area contributed by atoms with Crippen LogP contribution >= 0.6 is 0 Å². The van der Waals surface area contributed by atoms with Gasteiger partial charge in [0.1, 0.15) is 18.0 Å². The fraction of sp³-hybridized carbons (Fsp3) is 0.250. The van der Waals surface area contributed by atoms with Gasteiger partial charge in [0.25, 0.3) is 0 Å². The molecule has 6 nitrogen and oxygen atoms in total. The fourth-order valence-corrected chi connectivity index (χ4v) is 2.57. The van der Waals surface area contributed by atoms with Crippen molar-refractivity contribution in [3.63, 3.8) is 0 Å². The van der Waals surface area contributed by atoms with Gasteiger partial charge in [0.05, 0.1) is 17.2 Å². The van der Waals surface area contributed by atoms with Crippen molar-refractivity contribution < 1.29 is 8.78 Å². The third kappa shape index (κ3) is 4.82. The van der Waals surface area contributed by atoms with E-state index in [1.807, 2.05) is 39.0 Å². The topological polar surface area (TPSA) is 78.6 Å². The van der Waals surface area contributed by atoms with Crippen LogP contribution in [0.2, 0.25) is 0 Å². The second-order valence-electron chi connectivity index (χ2n) is 7.20. The summed E-state index contributed by atoms with van der Waals surface area (Å²) in [7, 11) is 0. The standard InChI is InChI=1S/C20H20F2N6/c1-13-4-16(24-11-20(2,3)10-23)9-17(5-13)26-19-25-12-28(27-19)18-7-14(21)6-15(22)8-18/h4-9,12,24H,11H2,1-3H3,(H,26,27). The Balaban J connectivity index is 1.77. The Morgan fingerprint density at radius 2 is 1.75 bits per heavy atom. The SMILES string of the molecule is Cc1cc(NCC(C)(C)C#N)cc(Nc2ncn(-c3cc(F)cc(F)c3)n2)c1. The molecule has 2 N–H and O–H groups in total. The largest absolute Gasteiger partial charge is 0.383 e. The van der Waals surface area contributed by atoms with Crippen LogP contribution in [0.5, 0.6) is 0 Å². The predicted octanol–water partition coefficient (Wildman–Crippen LogP) is 4.56. The molecule has 0 amide bonds. The van der Waals surface area contributed by atoms with E-state index in [1.165, 1.54) is 23.1 Å². The van der Waals surface area contributed by atoms with E-state index in [4.69, 9.17) is 5.26 Å². The van der Waals surface area contributed by atoms with Gasteiger partial charge in [-0.2, -0.15) is 10.2 Å². The molecule has 1 aromatic heterocycles. The van der Waals surface area contributed by atoms with Crippen LogP contribution in [0.15, 0.2) is 42.7 Å². The van der Waals surface area contributed by atoms with E-state index >= 15 is 0 Å². The van der Waals surface area contributed by atoms with Gasteiger partial charge in [0.15, 0.2) is 0 Å². The van der Waals surface area contributed by atoms with Crippen molar-refractivity contribution in [1.29, 1.82) is 5.26 Å². The van der Waals surface area contributed by atoms with Crippen LogP contribution in [0, 0.1) is 35.3 Å². The third-order valence-electron chi connectivity index (χ3n) is 3.97. The van der Waals surface area contributed by atoms with Crippen LogP contribution < -0.4 is 10.6 Å². The summed E-state index contributed by atoms with van der Waals surface area (Å²) in [6.07, 6.45) is 1.38. The molecule has 144 valence electrons. The minimum atomic E-state index is -0.685. The van der Waals surface area contributed by atoms with E-state index < -0.39 is 17.0 Å². The summed E-state index contributed by atoms with van der Waals surface area (Å²) in [5.74, 6) is -1.08. The van der Waals surface area contributed by atoms with Crippen molar-refractivity contribution in [2.75, 3.05) is 17.2 Å². The monoisotopic (exact) mass is 382 g/mol. The van der Waals surface area contributed by atoms with Gasteiger partial charge in [-0.1, -0.05) is 0 Å². The van der Waals surface area contributed by atoms with Gasteiger partial charge in [0, 0.05) is 24.0 Å². The smallest absolute Gasteiger partial charge is 0.246 e. The van der Waals surface area contributed by atoms with Crippen LogP contribution in [-0.2, 0) is 0 Å². The molecule has 0 bridgehead atoms. The number of hydrogen-bond donors (Lipinski definition) is 2. The number of benzene rings is 2. The number of aryl methyl sites for hydroxylation is 1. The summed E-state index contributed by atoms with van der Waals surface area (Å²) < 4.78 is 28.1. The number of hydrogen-bond acceptors (Lipinski definition) is 5. The average Bonchev–Trinajstić information content (AvgIpc) is 3.07. The summed E-state index contributed by atoms with van der Waals surface area (Å²) in [5.41, 5.74) is 2.37. The number of nitrogens with one attached hydrogen (secondary N) is 2. The zero-order valence-electron chi connectivity index (χ0n) is 15.8. The molecule has 1 heterocycles. The van der Waals surface area contributed by atoms with Crippen molar-refractivity contribution in [3.05, 3.63) is 59.9 Å². The van der Waals surface area contributed by atoms with Gasteiger partial charge >= 0.3 is 0 Å². The zero-order chi connectivity index (χ0) is 20.3. The quantitative estimate of drug-likeness (QED) is 0.653. The Hall–Kier alpha value is -3.47.